The van der Waals surface area contributed by atoms with E-state index in [2.05, 4.69) is 15.1 Å². The zero-order valence-electron chi connectivity index (χ0n) is 9.71. The number of pyridine rings is 1. The van der Waals surface area contributed by atoms with E-state index >= 15 is 0 Å². The molecule has 0 aliphatic carbocycles. The number of nitrogens with zero attached hydrogens (tertiary/aromatic N) is 4. The second-order valence-electron chi connectivity index (χ2n) is 3.75. The normalized spacial score (nSPS) is 11.0. The molecule has 6 nitrogen and oxygen atoms in total. The molecule has 0 amide bonds. The van der Waals surface area contributed by atoms with Crippen molar-refractivity contribution in [3.05, 3.63) is 30.3 Å². The van der Waals surface area contributed by atoms with E-state index < -0.39 is 0 Å². The zero-order chi connectivity index (χ0) is 12.1. The van der Waals surface area contributed by atoms with Crippen molar-refractivity contribution in [2.45, 2.75) is 6.54 Å². The highest BCUT2D eigenvalue weighted by Gasteiger charge is 2.10. The third-order valence-corrected chi connectivity index (χ3v) is 2.28. The van der Waals surface area contributed by atoms with Crippen LogP contribution in [0.4, 0.5) is 0 Å². The zero-order valence-corrected chi connectivity index (χ0v) is 9.71. The first-order valence-electron chi connectivity index (χ1n) is 5.42. The minimum absolute atomic E-state index is 0.516. The summed E-state index contributed by atoms with van der Waals surface area (Å²) in [5.74, 6) is 1.09. The van der Waals surface area contributed by atoms with Crippen LogP contribution in [0.5, 0.6) is 0 Å². The summed E-state index contributed by atoms with van der Waals surface area (Å²) in [7, 11) is 1.96. The van der Waals surface area contributed by atoms with Crippen molar-refractivity contribution in [1.29, 1.82) is 0 Å². The summed E-state index contributed by atoms with van der Waals surface area (Å²) >= 11 is 0. The third kappa shape index (κ3) is 3.08. The SMILES string of the molecule is CN(CCN)Cc1nc(-c2ccccn2)no1. The van der Waals surface area contributed by atoms with Gasteiger partial charge < -0.3 is 10.3 Å². The van der Waals surface area contributed by atoms with Crippen molar-refractivity contribution in [3.8, 4) is 11.5 Å². The molecule has 2 N–H and O–H groups in total. The number of aromatic nitrogens is 3. The van der Waals surface area contributed by atoms with E-state index in [4.69, 9.17) is 10.3 Å². The molecule has 2 rings (SSSR count). The van der Waals surface area contributed by atoms with Crippen LogP contribution in [0.2, 0.25) is 0 Å². The van der Waals surface area contributed by atoms with Crippen molar-refractivity contribution in [2.24, 2.45) is 5.73 Å². The molecule has 0 unspecified atom stereocenters. The highest BCUT2D eigenvalue weighted by molar-refractivity contribution is 5.46. The molecule has 0 fully saturated rings. The quantitative estimate of drug-likeness (QED) is 0.811. The van der Waals surface area contributed by atoms with Gasteiger partial charge in [0.2, 0.25) is 11.7 Å². The van der Waals surface area contributed by atoms with Crippen LogP contribution in [0.25, 0.3) is 11.5 Å². The molecule has 0 bridgehead atoms. The van der Waals surface area contributed by atoms with Crippen LogP contribution < -0.4 is 5.73 Å². The Bertz CT molecular complexity index is 456. The van der Waals surface area contributed by atoms with Crippen molar-refractivity contribution < 1.29 is 4.52 Å². The molecule has 0 saturated heterocycles. The Morgan fingerprint density at radius 2 is 2.29 bits per heavy atom. The average Bonchev–Trinajstić information content (AvgIpc) is 2.79. The van der Waals surface area contributed by atoms with Crippen LogP contribution in [-0.4, -0.2) is 40.2 Å². The van der Waals surface area contributed by atoms with Gasteiger partial charge in [-0.25, -0.2) is 0 Å². The van der Waals surface area contributed by atoms with E-state index in [0.29, 0.717) is 30.5 Å². The maximum absolute atomic E-state index is 5.46. The van der Waals surface area contributed by atoms with Gasteiger partial charge in [0.25, 0.3) is 0 Å². The Hall–Kier alpha value is -1.79. The largest absolute Gasteiger partial charge is 0.337 e. The van der Waals surface area contributed by atoms with Gasteiger partial charge in [-0.15, -0.1) is 0 Å². The average molecular weight is 233 g/mol. The smallest absolute Gasteiger partial charge is 0.241 e. The van der Waals surface area contributed by atoms with Crippen molar-refractivity contribution in [3.63, 3.8) is 0 Å². The third-order valence-electron chi connectivity index (χ3n) is 2.28. The molecule has 0 aliphatic rings. The lowest BCUT2D eigenvalue weighted by Gasteiger charge is -2.11. The lowest BCUT2D eigenvalue weighted by molar-refractivity contribution is 0.272. The fourth-order valence-electron chi connectivity index (χ4n) is 1.45. The van der Waals surface area contributed by atoms with Crippen LogP contribution in [0.1, 0.15) is 5.89 Å². The summed E-state index contributed by atoms with van der Waals surface area (Å²) in [5.41, 5.74) is 6.17. The first kappa shape index (κ1) is 11.7. The van der Waals surface area contributed by atoms with E-state index in [0.717, 1.165) is 6.54 Å². The molecular weight excluding hydrogens is 218 g/mol. The van der Waals surface area contributed by atoms with Crippen molar-refractivity contribution in [2.75, 3.05) is 20.1 Å². The molecule has 0 aromatic carbocycles. The molecule has 0 radical (unpaired) electrons. The summed E-state index contributed by atoms with van der Waals surface area (Å²) in [4.78, 5) is 10.5. The lowest BCUT2D eigenvalue weighted by Crippen LogP contribution is -2.25. The minimum atomic E-state index is 0.516. The predicted octanol–water partition coefficient (Wildman–Crippen LogP) is 0.522. The Kier molecular flexibility index (Phi) is 3.79. The molecular formula is C11H15N5O. The number of hydrogen-bond acceptors (Lipinski definition) is 6. The van der Waals surface area contributed by atoms with E-state index in [9.17, 15) is 0 Å². The topological polar surface area (TPSA) is 81.1 Å². The first-order chi connectivity index (χ1) is 8.29. The van der Waals surface area contributed by atoms with E-state index in [1.165, 1.54) is 0 Å². The van der Waals surface area contributed by atoms with Gasteiger partial charge in [0, 0.05) is 19.3 Å². The maximum Gasteiger partial charge on any atom is 0.241 e. The lowest BCUT2D eigenvalue weighted by atomic mass is 10.3. The van der Waals surface area contributed by atoms with Crippen LogP contribution in [0.3, 0.4) is 0 Å². The molecule has 2 aromatic rings. The molecule has 6 heteroatoms. The fraction of sp³-hybridized carbons (Fsp3) is 0.364. The molecule has 0 saturated carbocycles. The van der Waals surface area contributed by atoms with Crippen LogP contribution in [0.15, 0.2) is 28.9 Å². The van der Waals surface area contributed by atoms with Crippen LogP contribution in [0, 0.1) is 0 Å². The van der Waals surface area contributed by atoms with E-state index in [-0.39, 0.29) is 0 Å². The second-order valence-corrected chi connectivity index (χ2v) is 3.75. The number of likely N-dealkylation sites (N-methyl/N-ethyl adjacent to an activating group) is 1. The Morgan fingerprint density at radius 1 is 1.41 bits per heavy atom. The number of nitrogens with two attached hydrogens (primary N) is 1. The molecule has 2 heterocycles. The maximum atomic E-state index is 5.46. The predicted molar refractivity (Wildman–Crippen MR) is 62.9 cm³/mol. The molecule has 17 heavy (non-hydrogen) atoms. The van der Waals surface area contributed by atoms with E-state index in [1.807, 2.05) is 30.1 Å². The van der Waals surface area contributed by atoms with Gasteiger partial charge in [-0.3, -0.25) is 9.88 Å². The van der Waals surface area contributed by atoms with Gasteiger partial charge in [0.1, 0.15) is 5.69 Å². The molecule has 0 aliphatic heterocycles. The van der Waals surface area contributed by atoms with Gasteiger partial charge in [-0.05, 0) is 19.2 Å². The van der Waals surface area contributed by atoms with Crippen LogP contribution >= 0.6 is 0 Å². The molecule has 0 spiro atoms. The highest BCUT2D eigenvalue weighted by Crippen LogP contribution is 2.12. The van der Waals surface area contributed by atoms with Crippen LogP contribution in [-0.2, 0) is 6.54 Å². The number of rotatable bonds is 5. The van der Waals surface area contributed by atoms with Gasteiger partial charge in [-0.2, -0.15) is 4.98 Å². The van der Waals surface area contributed by atoms with E-state index in [1.54, 1.807) is 6.20 Å². The molecule has 0 atom stereocenters. The first-order valence-corrected chi connectivity index (χ1v) is 5.42. The second kappa shape index (κ2) is 5.51. The summed E-state index contributed by atoms with van der Waals surface area (Å²) in [6, 6.07) is 5.58. The molecule has 2 aromatic heterocycles. The van der Waals surface area contributed by atoms with Gasteiger partial charge in [0.15, 0.2) is 0 Å². The number of hydrogen-bond donors (Lipinski definition) is 1. The summed E-state index contributed by atoms with van der Waals surface area (Å²) in [5, 5.41) is 3.89. The van der Waals surface area contributed by atoms with Crippen molar-refractivity contribution >= 4 is 0 Å². The summed E-state index contributed by atoms with van der Waals surface area (Å²) in [6.07, 6.45) is 1.70. The summed E-state index contributed by atoms with van der Waals surface area (Å²) in [6.45, 7) is 2.00. The Labute approximate surface area is 99.5 Å². The monoisotopic (exact) mass is 233 g/mol. The fourth-order valence-corrected chi connectivity index (χ4v) is 1.45. The summed E-state index contributed by atoms with van der Waals surface area (Å²) < 4.78 is 5.15. The Balaban J connectivity index is 2.06. The minimum Gasteiger partial charge on any atom is -0.337 e. The van der Waals surface area contributed by atoms with Crippen molar-refractivity contribution in [1.82, 2.24) is 20.0 Å². The standard InChI is InChI=1S/C11H15N5O/c1-16(7-5-12)8-10-14-11(15-17-10)9-4-2-3-6-13-9/h2-4,6H,5,7-8,12H2,1H3. The Morgan fingerprint density at radius 3 is 3.00 bits per heavy atom. The van der Waals surface area contributed by atoms with Gasteiger partial charge in [0.05, 0.1) is 6.54 Å². The molecule has 90 valence electrons. The van der Waals surface area contributed by atoms with Gasteiger partial charge >= 0.3 is 0 Å². The van der Waals surface area contributed by atoms with Gasteiger partial charge in [-0.1, -0.05) is 11.2 Å². The highest BCUT2D eigenvalue weighted by atomic mass is 16.5.